The number of hydrogen-bond donors (Lipinski definition) is 0. The Kier molecular flexibility index (Phi) is 3.88. The molecular weight excluding hydrogens is 308 g/mol. The van der Waals surface area contributed by atoms with Crippen LogP contribution >= 0.6 is 0 Å². The van der Waals surface area contributed by atoms with Crippen molar-refractivity contribution in [3.05, 3.63) is 41.3 Å². The summed E-state index contributed by atoms with van der Waals surface area (Å²) in [4.78, 5) is 14.8. The van der Waals surface area contributed by atoms with E-state index < -0.39 is 0 Å². The average molecular weight is 328 g/mol. The van der Waals surface area contributed by atoms with Crippen LogP contribution in [-0.4, -0.2) is 28.8 Å². The second kappa shape index (κ2) is 6.19. The van der Waals surface area contributed by atoms with Crippen LogP contribution in [0.4, 0.5) is 0 Å². The van der Waals surface area contributed by atoms with Gasteiger partial charge in [-0.05, 0) is 37.5 Å². The van der Waals surface area contributed by atoms with E-state index in [0.717, 1.165) is 42.7 Å². The maximum Gasteiger partial charge on any atom is 0.293 e. The third kappa shape index (κ3) is 2.84. The Morgan fingerprint density at radius 2 is 2.00 bits per heavy atom. The van der Waals surface area contributed by atoms with Crippen LogP contribution in [-0.2, 0) is 6.54 Å². The minimum atomic E-state index is -0.0971. The van der Waals surface area contributed by atoms with Crippen molar-refractivity contribution >= 4 is 5.91 Å². The lowest BCUT2D eigenvalue weighted by molar-refractivity contribution is 0.0621. The molecule has 126 valence electrons. The summed E-state index contributed by atoms with van der Waals surface area (Å²) in [7, 11) is 0. The minimum absolute atomic E-state index is 0.0971. The van der Waals surface area contributed by atoms with Gasteiger partial charge in [0.25, 0.3) is 5.91 Å². The number of aromatic nitrogens is 1. The van der Waals surface area contributed by atoms with Crippen LogP contribution in [0.25, 0.3) is 0 Å². The molecule has 4 rings (SSSR count). The van der Waals surface area contributed by atoms with E-state index in [4.69, 9.17) is 14.0 Å². The van der Waals surface area contributed by atoms with Crippen LogP contribution < -0.4 is 9.47 Å². The van der Waals surface area contributed by atoms with Gasteiger partial charge in [0.15, 0.2) is 11.5 Å². The lowest BCUT2D eigenvalue weighted by atomic mass is 10.1. The fraction of sp³-hybridized carbons (Fsp3) is 0.444. The molecule has 0 atom stereocenters. The summed E-state index contributed by atoms with van der Waals surface area (Å²) in [5.74, 6) is 1.70. The molecule has 2 aromatic rings. The average Bonchev–Trinajstić information content (AvgIpc) is 3.32. The summed E-state index contributed by atoms with van der Waals surface area (Å²) >= 11 is 0. The molecule has 2 aliphatic rings. The van der Waals surface area contributed by atoms with Gasteiger partial charge in [0.2, 0.25) is 12.6 Å². The fourth-order valence-corrected chi connectivity index (χ4v) is 3.42. The summed E-state index contributed by atoms with van der Waals surface area (Å²) in [5.41, 5.74) is 1.74. The SMILES string of the molecule is Cc1cc(C(=O)N(Cc2ccc3c(c2)OCO3)C2CCCC2)on1. The van der Waals surface area contributed by atoms with Gasteiger partial charge >= 0.3 is 0 Å². The van der Waals surface area contributed by atoms with Gasteiger partial charge in [-0.3, -0.25) is 4.79 Å². The third-order valence-corrected chi connectivity index (χ3v) is 4.65. The Bertz CT molecular complexity index is 749. The van der Waals surface area contributed by atoms with Crippen molar-refractivity contribution in [1.82, 2.24) is 10.1 Å². The highest BCUT2D eigenvalue weighted by Gasteiger charge is 2.30. The molecule has 1 aromatic carbocycles. The number of hydrogen-bond acceptors (Lipinski definition) is 5. The molecule has 0 radical (unpaired) electrons. The van der Waals surface area contributed by atoms with E-state index >= 15 is 0 Å². The van der Waals surface area contributed by atoms with E-state index in [1.54, 1.807) is 6.07 Å². The minimum Gasteiger partial charge on any atom is -0.454 e. The fourth-order valence-electron chi connectivity index (χ4n) is 3.42. The number of amides is 1. The number of ether oxygens (including phenoxy) is 2. The summed E-state index contributed by atoms with van der Waals surface area (Å²) in [5, 5.41) is 3.84. The van der Waals surface area contributed by atoms with Crippen LogP contribution in [0.15, 0.2) is 28.8 Å². The Balaban J connectivity index is 1.59. The van der Waals surface area contributed by atoms with Gasteiger partial charge in [0.1, 0.15) is 0 Å². The van der Waals surface area contributed by atoms with E-state index in [1.807, 2.05) is 30.0 Å². The number of carbonyl (C=O) groups excluding carboxylic acids is 1. The van der Waals surface area contributed by atoms with Gasteiger partial charge in [0, 0.05) is 18.7 Å². The van der Waals surface area contributed by atoms with Crippen molar-refractivity contribution in [3.63, 3.8) is 0 Å². The predicted molar refractivity (Wildman–Crippen MR) is 85.9 cm³/mol. The Labute approximate surface area is 140 Å². The molecule has 1 fully saturated rings. The monoisotopic (exact) mass is 328 g/mol. The smallest absolute Gasteiger partial charge is 0.293 e. The highest BCUT2D eigenvalue weighted by Crippen LogP contribution is 2.34. The number of carbonyl (C=O) groups is 1. The van der Waals surface area contributed by atoms with Gasteiger partial charge in [-0.15, -0.1) is 0 Å². The molecule has 0 unspecified atom stereocenters. The van der Waals surface area contributed by atoms with Crippen molar-refractivity contribution in [3.8, 4) is 11.5 Å². The third-order valence-electron chi connectivity index (χ3n) is 4.65. The van der Waals surface area contributed by atoms with Gasteiger partial charge in [-0.1, -0.05) is 24.1 Å². The molecule has 1 amide bonds. The number of rotatable bonds is 4. The van der Waals surface area contributed by atoms with Crippen LogP contribution in [0, 0.1) is 6.92 Å². The van der Waals surface area contributed by atoms with Crippen LogP contribution in [0.5, 0.6) is 11.5 Å². The quantitative estimate of drug-likeness (QED) is 0.861. The van der Waals surface area contributed by atoms with Crippen LogP contribution in [0.3, 0.4) is 0 Å². The molecule has 0 saturated heterocycles. The van der Waals surface area contributed by atoms with E-state index in [0.29, 0.717) is 18.0 Å². The van der Waals surface area contributed by atoms with Gasteiger partial charge in [-0.2, -0.15) is 0 Å². The van der Waals surface area contributed by atoms with Crippen molar-refractivity contribution in [2.45, 2.75) is 45.2 Å². The predicted octanol–water partition coefficient (Wildman–Crippen LogP) is 3.30. The topological polar surface area (TPSA) is 64.8 Å². The van der Waals surface area contributed by atoms with Gasteiger partial charge < -0.3 is 18.9 Å². The molecule has 0 spiro atoms. The van der Waals surface area contributed by atoms with Crippen molar-refractivity contribution in [2.24, 2.45) is 0 Å². The lowest BCUT2D eigenvalue weighted by Gasteiger charge is -2.28. The summed E-state index contributed by atoms with van der Waals surface area (Å²) in [6.45, 7) is 2.60. The van der Waals surface area contributed by atoms with Crippen LogP contribution in [0.1, 0.15) is 47.5 Å². The molecule has 2 heterocycles. The second-order valence-electron chi connectivity index (χ2n) is 6.39. The molecule has 1 saturated carbocycles. The first-order valence-corrected chi connectivity index (χ1v) is 8.33. The molecule has 24 heavy (non-hydrogen) atoms. The number of aryl methyl sites for hydroxylation is 1. The zero-order chi connectivity index (χ0) is 16.5. The summed E-state index contributed by atoms with van der Waals surface area (Å²) in [6.07, 6.45) is 4.38. The molecule has 0 N–H and O–H groups in total. The standard InChI is InChI=1S/C18H20N2O4/c1-12-8-17(24-19-12)18(21)20(14-4-2-3-5-14)10-13-6-7-15-16(9-13)23-11-22-15/h6-9,14H,2-5,10-11H2,1H3. The van der Waals surface area contributed by atoms with E-state index in [9.17, 15) is 4.79 Å². The zero-order valence-electron chi connectivity index (χ0n) is 13.7. The maximum atomic E-state index is 12.9. The number of benzene rings is 1. The Morgan fingerprint density at radius 3 is 2.75 bits per heavy atom. The normalized spacial score (nSPS) is 16.5. The van der Waals surface area contributed by atoms with E-state index in [-0.39, 0.29) is 18.7 Å². The molecule has 6 nitrogen and oxygen atoms in total. The highest BCUT2D eigenvalue weighted by molar-refractivity contribution is 5.91. The van der Waals surface area contributed by atoms with E-state index in [1.165, 1.54) is 0 Å². The Hall–Kier alpha value is -2.50. The first-order valence-electron chi connectivity index (χ1n) is 8.33. The maximum absolute atomic E-state index is 12.9. The molecule has 0 bridgehead atoms. The zero-order valence-corrected chi connectivity index (χ0v) is 13.7. The number of nitrogens with zero attached hydrogens (tertiary/aromatic N) is 2. The highest BCUT2D eigenvalue weighted by atomic mass is 16.7. The Morgan fingerprint density at radius 1 is 1.21 bits per heavy atom. The van der Waals surface area contributed by atoms with Gasteiger partial charge in [-0.25, -0.2) is 0 Å². The van der Waals surface area contributed by atoms with Crippen molar-refractivity contribution in [2.75, 3.05) is 6.79 Å². The van der Waals surface area contributed by atoms with Crippen LogP contribution in [0.2, 0.25) is 0 Å². The first kappa shape index (κ1) is 15.1. The second-order valence-corrected chi connectivity index (χ2v) is 6.39. The molecule has 1 aliphatic carbocycles. The molecular formula is C18H20N2O4. The molecule has 1 aromatic heterocycles. The first-order chi connectivity index (χ1) is 11.7. The molecule has 1 aliphatic heterocycles. The molecule has 6 heteroatoms. The van der Waals surface area contributed by atoms with E-state index in [2.05, 4.69) is 5.16 Å². The summed E-state index contributed by atoms with van der Waals surface area (Å²) in [6, 6.07) is 7.77. The number of fused-ring (bicyclic) bond motifs is 1. The largest absolute Gasteiger partial charge is 0.454 e. The van der Waals surface area contributed by atoms with Crippen molar-refractivity contribution in [1.29, 1.82) is 0 Å². The lowest BCUT2D eigenvalue weighted by Crippen LogP contribution is -2.38. The van der Waals surface area contributed by atoms with Gasteiger partial charge in [0.05, 0.1) is 5.69 Å². The van der Waals surface area contributed by atoms with Crippen molar-refractivity contribution < 1.29 is 18.8 Å². The summed E-state index contributed by atoms with van der Waals surface area (Å²) < 4.78 is 16.0.